The van der Waals surface area contributed by atoms with Crippen molar-refractivity contribution >= 4 is 11.9 Å². The van der Waals surface area contributed by atoms with Gasteiger partial charge in [0.15, 0.2) is 0 Å². The number of halogens is 1. The van der Waals surface area contributed by atoms with Crippen molar-refractivity contribution in [3.63, 3.8) is 0 Å². The predicted octanol–water partition coefficient (Wildman–Crippen LogP) is 3.58. The zero-order valence-corrected chi connectivity index (χ0v) is 15.5. The second-order valence-corrected chi connectivity index (χ2v) is 7.87. The minimum atomic E-state index is -0.483. The van der Waals surface area contributed by atoms with E-state index in [-0.39, 0.29) is 29.5 Å². The number of rotatable bonds is 4. The number of benzene rings is 1. The van der Waals surface area contributed by atoms with Crippen LogP contribution in [0, 0.1) is 17.7 Å². The molecule has 0 bridgehead atoms. The molecule has 4 nitrogen and oxygen atoms in total. The van der Waals surface area contributed by atoms with Crippen LogP contribution in [0.25, 0.3) is 0 Å². The average molecular weight is 349 g/mol. The average Bonchev–Trinajstić information content (AvgIpc) is 2.52. The Morgan fingerprint density at radius 1 is 1.28 bits per heavy atom. The molecule has 1 aliphatic heterocycles. The molecule has 1 heterocycles. The highest BCUT2D eigenvalue weighted by atomic mass is 19.1. The lowest BCUT2D eigenvalue weighted by Crippen LogP contribution is -2.44. The molecule has 1 aliphatic rings. The van der Waals surface area contributed by atoms with Crippen LogP contribution in [0.4, 0.5) is 4.39 Å². The topological polar surface area (TPSA) is 46.6 Å². The van der Waals surface area contributed by atoms with E-state index in [0.29, 0.717) is 32.4 Å². The third-order valence-corrected chi connectivity index (χ3v) is 4.40. The second kappa shape index (κ2) is 7.98. The number of ether oxygens (including phenoxy) is 1. The fourth-order valence-corrected chi connectivity index (χ4v) is 3.14. The van der Waals surface area contributed by atoms with Gasteiger partial charge in [0.05, 0.1) is 5.92 Å². The van der Waals surface area contributed by atoms with Crippen LogP contribution in [0.1, 0.15) is 46.1 Å². The van der Waals surface area contributed by atoms with Crippen molar-refractivity contribution in [1.82, 2.24) is 4.90 Å². The summed E-state index contributed by atoms with van der Waals surface area (Å²) in [5, 5.41) is 0. The largest absolute Gasteiger partial charge is 0.460 e. The van der Waals surface area contributed by atoms with Gasteiger partial charge in [-0.25, -0.2) is 4.39 Å². The number of likely N-dealkylation sites (tertiary alicyclic amines) is 1. The fraction of sp³-hybridized carbons (Fsp3) is 0.600. The maximum atomic E-state index is 13.3. The van der Waals surface area contributed by atoms with E-state index in [9.17, 15) is 14.0 Å². The van der Waals surface area contributed by atoms with E-state index < -0.39 is 5.60 Å². The predicted molar refractivity (Wildman–Crippen MR) is 94.4 cm³/mol. The number of nitrogens with zero attached hydrogens (tertiary/aromatic N) is 1. The monoisotopic (exact) mass is 349 g/mol. The summed E-state index contributed by atoms with van der Waals surface area (Å²) in [6.45, 7) is 8.58. The van der Waals surface area contributed by atoms with Gasteiger partial charge in [0.1, 0.15) is 11.4 Å². The van der Waals surface area contributed by atoms with Gasteiger partial charge >= 0.3 is 5.97 Å². The quantitative estimate of drug-likeness (QED) is 0.781. The first-order chi connectivity index (χ1) is 11.7. The molecule has 0 radical (unpaired) electrons. The first kappa shape index (κ1) is 19.4. The molecule has 0 saturated carbocycles. The summed E-state index contributed by atoms with van der Waals surface area (Å²) in [7, 11) is 0. The van der Waals surface area contributed by atoms with Crippen LogP contribution in [0.3, 0.4) is 0 Å². The Kier molecular flexibility index (Phi) is 6.20. The second-order valence-electron chi connectivity index (χ2n) is 7.87. The summed E-state index contributed by atoms with van der Waals surface area (Å²) in [5.74, 6) is -0.740. The highest BCUT2D eigenvalue weighted by Gasteiger charge is 2.31. The number of carbonyl (C=O) groups excluding carboxylic acids is 2. The van der Waals surface area contributed by atoms with Crippen LogP contribution in [0.5, 0.6) is 0 Å². The fourth-order valence-electron chi connectivity index (χ4n) is 3.14. The third-order valence-electron chi connectivity index (χ3n) is 4.40. The molecule has 0 unspecified atom stereocenters. The molecule has 0 aromatic heterocycles. The highest BCUT2D eigenvalue weighted by Crippen LogP contribution is 2.23. The smallest absolute Gasteiger partial charge is 0.309 e. The van der Waals surface area contributed by atoms with Gasteiger partial charge in [-0.15, -0.1) is 0 Å². The standard InChI is InChI=1S/C20H28FNO3/c1-14(12-15-6-5-7-17(21)13-15)18(23)22-10-8-16(9-11-22)19(24)25-20(2,3)4/h5-7,13-14,16H,8-12H2,1-4H3/t14-/m1/s1. The van der Waals surface area contributed by atoms with Gasteiger partial charge in [0, 0.05) is 19.0 Å². The lowest BCUT2D eigenvalue weighted by Gasteiger charge is -2.34. The summed E-state index contributed by atoms with van der Waals surface area (Å²) >= 11 is 0. The summed E-state index contributed by atoms with van der Waals surface area (Å²) in [6, 6.07) is 6.37. The van der Waals surface area contributed by atoms with Crippen molar-refractivity contribution in [2.24, 2.45) is 11.8 Å². The van der Waals surface area contributed by atoms with E-state index in [2.05, 4.69) is 0 Å². The Hall–Kier alpha value is -1.91. The summed E-state index contributed by atoms with van der Waals surface area (Å²) < 4.78 is 18.7. The molecule has 138 valence electrons. The molecule has 0 spiro atoms. The van der Waals surface area contributed by atoms with E-state index in [1.807, 2.05) is 38.7 Å². The van der Waals surface area contributed by atoms with Crippen LogP contribution in [-0.4, -0.2) is 35.5 Å². The lowest BCUT2D eigenvalue weighted by atomic mass is 9.94. The molecule has 1 fully saturated rings. The molecule has 1 aromatic carbocycles. The molecule has 0 N–H and O–H groups in total. The van der Waals surface area contributed by atoms with Crippen molar-refractivity contribution in [2.45, 2.75) is 52.6 Å². The van der Waals surface area contributed by atoms with E-state index in [0.717, 1.165) is 5.56 Å². The Balaban J connectivity index is 1.85. The Bertz CT molecular complexity index is 616. The number of esters is 1. The van der Waals surface area contributed by atoms with Crippen molar-refractivity contribution < 1.29 is 18.7 Å². The zero-order chi connectivity index (χ0) is 18.6. The maximum Gasteiger partial charge on any atom is 0.309 e. The van der Waals surface area contributed by atoms with Crippen LogP contribution >= 0.6 is 0 Å². The van der Waals surface area contributed by atoms with E-state index in [1.165, 1.54) is 12.1 Å². The normalized spacial score (nSPS) is 17.2. The number of piperidine rings is 1. The van der Waals surface area contributed by atoms with Crippen molar-refractivity contribution in [1.29, 1.82) is 0 Å². The maximum absolute atomic E-state index is 13.3. The lowest BCUT2D eigenvalue weighted by molar-refractivity contribution is -0.162. The summed E-state index contributed by atoms with van der Waals surface area (Å²) in [4.78, 5) is 26.6. The highest BCUT2D eigenvalue weighted by molar-refractivity contribution is 5.79. The molecule has 1 amide bonds. The van der Waals surface area contributed by atoms with Crippen molar-refractivity contribution in [3.05, 3.63) is 35.6 Å². The number of hydrogen-bond acceptors (Lipinski definition) is 3. The molecule has 5 heteroatoms. The zero-order valence-electron chi connectivity index (χ0n) is 15.5. The van der Waals surface area contributed by atoms with Gasteiger partial charge < -0.3 is 9.64 Å². The number of carbonyl (C=O) groups is 2. The first-order valence-electron chi connectivity index (χ1n) is 8.92. The van der Waals surface area contributed by atoms with E-state index in [4.69, 9.17) is 4.74 Å². The SMILES string of the molecule is C[C@H](Cc1cccc(F)c1)C(=O)N1CCC(C(=O)OC(C)(C)C)CC1. The minimum absolute atomic E-state index is 0.0619. The van der Waals surface area contributed by atoms with Gasteiger partial charge in [-0.2, -0.15) is 0 Å². The third kappa shape index (κ3) is 5.83. The first-order valence-corrected chi connectivity index (χ1v) is 8.92. The van der Waals surface area contributed by atoms with Gasteiger partial charge in [0.2, 0.25) is 5.91 Å². The Labute approximate surface area is 149 Å². The number of hydrogen-bond donors (Lipinski definition) is 0. The van der Waals surface area contributed by atoms with Crippen molar-refractivity contribution in [2.75, 3.05) is 13.1 Å². The van der Waals surface area contributed by atoms with Crippen LogP contribution in [-0.2, 0) is 20.7 Å². The summed E-state index contributed by atoms with van der Waals surface area (Å²) in [6.07, 6.45) is 1.78. The molecule has 2 rings (SSSR count). The van der Waals surface area contributed by atoms with Gasteiger partial charge in [-0.1, -0.05) is 19.1 Å². The number of amides is 1. The molecule has 1 aromatic rings. The Morgan fingerprint density at radius 3 is 2.48 bits per heavy atom. The molecule has 1 saturated heterocycles. The van der Waals surface area contributed by atoms with E-state index in [1.54, 1.807) is 6.07 Å². The van der Waals surface area contributed by atoms with Gasteiger partial charge in [-0.3, -0.25) is 9.59 Å². The van der Waals surface area contributed by atoms with Crippen LogP contribution in [0.2, 0.25) is 0 Å². The van der Waals surface area contributed by atoms with Gasteiger partial charge in [-0.05, 0) is 57.7 Å². The van der Waals surface area contributed by atoms with E-state index >= 15 is 0 Å². The Morgan fingerprint density at radius 2 is 1.92 bits per heavy atom. The molecule has 1 atom stereocenters. The summed E-state index contributed by atoms with van der Waals surface area (Å²) in [5.41, 5.74) is 0.341. The van der Waals surface area contributed by atoms with Crippen LogP contribution < -0.4 is 0 Å². The molecular weight excluding hydrogens is 321 g/mol. The molecular formula is C20H28FNO3. The minimum Gasteiger partial charge on any atom is -0.460 e. The molecule has 0 aliphatic carbocycles. The molecule has 25 heavy (non-hydrogen) atoms. The van der Waals surface area contributed by atoms with Crippen LogP contribution in [0.15, 0.2) is 24.3 Å². The van der Waals surface area contributed by atoms with Crippen molar-refractivity contribution in [3.8, 4) is 0 Å². The van der Waals surface area contributed by atoms with Gasteiger partial charge in [0.25, 0.3) is 0 Å².